The zero-order chi connectivity index (χ0) is 12.8. The van der Waals surface area contributed by atoms with E-state index in [4.69, 9.17) is 0 Å². The molecule has 1 aromatic rings. The van der Waals surface area contributed by atoms with Crippen molar-refractivity contribution in [1.29, 1.82) is 0 Å². The van der Waals surface area contributed by atoms with Crippen LogP contribution in [0.5, 0.6) is 0 Å². The maximum absolute atomic E-state index is 13.4. The van der Waals surface area contributed by atoms with Gasteiger partial charge in [0.15, 0.2) is 0 Å². The maximum atomic E-state index is 13.4. The second-order valence-corrected chi connectivity index (χ2v) is 3.99. The summed E-state index contributed by atoms with van der Waals surface area (Å²) in [5.41, 5.74) is -0.0994. The van der Waals surface area contributed by atoms with Crippen LogP contribution in [0.3, 0.4) is 0 Å². The zero-order valence-corrected chi connectivity index (χ0v) is 10.1. The Hall–Kier alpha value is -1.65. The zero-order valence-electron chi connectivity index (χ0n) is 10.1. The standard InChI is InChI=1S/C12H17FN2O2/c1-3-4-5-9-14(2)11-8-6-7-10(13)12(11)15(16)17/h6-8H,3-5,9H2,1-2H3. The summed E-state index contributed by atoms with van der Waals surface area (Å²) in [5.74, 6) is -0.783. The first-order valence-corrected chi connectivity index (χ1v) is 5.72. The van der Waals surface area contributed by atoms with E-state index >= 15 is 0 Å². The highest BCUT2D eigenvalue weighted by molar-refractivity contribution is 5.63. The number of nitrogens with zero attached hydrogens (tertiary/aromatic N) is 2. The summed E-state index contributed by atoms with van der Waals surface area (Å²) in [6.45, 7) is 2.78. The number of benzene rings is 1. The Labute approximate surface area is 100 Å². The molecule has 0 saturated heterocycles. The Morgan fingerprint density at radius 3 is 2.71 bits per heavy atom. The molecule has 0 aliphatic heterocycles. The molecule has 0 aliphatic rings. The first-order valence-electron chi connectivity index (χ1n) is 5.72. The van der Waals surface area contributed by atoms with Crippen LogP contribution in [-0.2, 0) is 0 Å². The largest absolute Gasteiger partial charge is 0.369 e. The molecule has 0 N–H and O–H groups in total. The van der Waals surface area contributed by atoms with Crippen LogP contribution in [0.2, 0.25) is 0 Å². The van der Waals surface area contributed by atoms with Crippen molar-refractivity contribution in [3.8, 4) is 0 Å². The summed E-state index contributed by atoms with van der Waals surface area (Å²) in [6.07, 6.45) is 3.09. The molecule has 0 amide bonds. The van der Waals surface area contributed by atoms with Crippen molar-refractivity contribution in [2.75, 3.05) is 18.5 Å². The molecule has 0 aromatic heterocycles. The lowest BCUT2D eigenvalue weighted by molar-refractivity contribution is -0.386. The predicted octanol–water partition coefficient (Wildman–Crippen LogP) is 3.36. The molecule has 17 heavy (non-hydrogen) atoms. The normalized spacial score (nSPS) is 10.3. The van der Waals surface area contributed by atoms with Crippen LogP contribution in [0, 0.1) is 15.9 Å². The van der Waals surface area contributed by atoms with Gasteiger partial charge in [0.1, 0.15) is 5.69 Å². The van der Waals surface area contributed by atoms with E-state index < -0.39 is 16.4 Å². The third-order valence-corrected chi connectivity index (χ3v) is 2.66. The lowest BCUT2D eigenvalue weighted by Gasteiger charge is -2.18. The molecular formula is C12H17FN2O2. The van der Waals surface area contributed by atoms with Gasteiger partial charge >= 0.3 is 5.69 Å². The number of rotatable bonds is 6. The number of anilines is 1. The molecule has 0 fully saturated rings. The van der Waals surface area contributed by atoms with Crippen molar-refractivity contribution >= 4 is 11.4 Å². The highest BCUT2D eigenvalue weighted by Crippen LogP contribution is 2.29. The average Bonchev–Trinajstić information content (AvgIpc) is 2.28. The summed E-state index contributed by atoms with van der Waals surface area (Å²) < 4.78 is 13.4. The van der Waals surface area contributed by atoms with Gasteiger partial charge in [-0.3, -0.25) is 10.1 Å². The fraction of sp³-hybridized carbons (Fsp3) is 0.500. The van der Waals surface area contributed by atoms with Gasteiger partial charge in [0.05, 0.1) is 4.92 Å². The van der Waals surface area contributed by atoms with Crippen LogP contribution < -0.4 is 4.90 Å². The minimum Gasteiger partial charge on any atom is -0.369 e. The number of para-hydroxylation sites is 1. The smallest absolute Gasteiger partial charge is 0.327 e. The van der Waals surface area contributed by atoms with E-state index in [0.717, 1.165) is 25.3 Å². The van der Waals surface area contributed by atoms with Gasteiger partial charge in [-0.2, -0.15) is 4.39 Å². The molecule has 0 bridgehead atoms. The quantitative estimate of drug-likeness (QED) is 0.435. The highest BCUT2D eigenvalue weighted by Gasteiger charge is 2.21. The van der Waals surface area contributed by atoms with Crippen molar-refractivity contribution in [3.63, 3.8) is 0 Å². The number of hydrogen-bond acceptors (Lipinski definition) is 3. The van der Waals surface area contributed by atoms with Crippen molar-refractivity contribution in [2.45, 2.75) is 26.2 Å². The monoisotopic (exact) mass is 240 g/mol. The molecule has 0 radical (unpaired) electrons. The highest BCUT2D eigenvalue weighted by atomic mass is 19.1. The summed E-state index contributed by atoms with van der Waals surface area (Å²) in [7, 11) is 1.75. The Balaban J connectivity index is 2.89. The molecule has 1 rings (SSSR count). The van der Waals surface area contributed by atoms with E-state index in [1.807, 2.05) is 0 Å². The van der Waals surface area contributed by atoms with Gasteiger partial charge < -0.3 is 4.90 Å². The molecule has 94 valence electrons. The van der Waals surface area contributed by atoms with E-state index in [0.29, 0.717) is 12.2 Å². The van der Waals surface area contributed by atoms with Gasteiger partial charge in [0, 0.05) is 13.6 Å². The fourth-order valence-corrected chi connectivity index (χ4v) is 1.71. The molecular weight excluding hydrogens is 223 g/mol. The van der Waals surface area contributed by atoms with Crippen LogP contribution in [-0.4, -0.2) is 18.5 Å². The van der Waals surface area contributed by atoms with Gasteiger partial charge in [-0.05, 0) is 18.6 Å². The fourth-order valence-electron chi connectivity index (χ4n) is 1.71. The van der Waals surface area contributed by atoms with Crippen molar-refractivity contribution in [2.24, 2.45) is 0 Å². The van der Waals surface area contributed by atoms with E-state index in [1.165, 1.54) is 6.07 Å². The molecule has 0 aliphatic carbocycles. The second kappa shape index (κ2) is 6.18. The van der Waals surface area contributed by atoms with Crippen LogP contribution in [0.4, 0.5) is 15.8 Å². The third-order valence-electron chi connectivity index (χ3n) is 2.66. The van der Waals surface area contributed by atoms with E-state index in [1.54, 1.807) is 18.0 Å². The number of nitro benzene ring substituents is 1. The summed E-state index contributed by atoms with van der Waals surface area (Å²) in [5, 5.41) is 10.8. The SMILES string of the molecule is CCCCCN(C)c1cccc(F)c1[N+](=O)[O-]. The maximum Gasteiger partial charge on any atom is 0.327 e. The number of halogens is 1. The van der Waals surface area contributed by atoms with E-state index in [9.17, 15) is 14.5 Å². The minimum atomic E-state index is -0.783. The predicted molar refractivity (Wildman–Crippen MR) is 65.8 cm³/mol. The van der Waals surface area contributed by atoms with Crippen LogP contribution >= 0.6 is 0 Å². The first-order chi connectivity index (χ1) is 8.07. The van der Waals surface area contributed by atoms with Gasteiger partial charge in [-0.25, -0.2) is 0 Å². The number of hydrogen-bond donors (Lipinski definition) is 0. The molecule has 0 unspecified atom stereocenters. The lowest BCUT2D eigenvalue weighted by atomic mass is 10.2. The van der Waals surface area contributed by atoms with Crippen molar-refractivity contribution < 1.29 is 9.31 Å². The van der Waals surface area contributed by atoms with Gasteiger partial charge in [0.2, 0.25) is 5.82 Å². The van der Waals surface area contributed by atoms with Crippen LogP contribution in [0.25, 0.3) is 0 Å². The minimum absolute atomic E-state index is 0.339. The summed E-state index contributed by atoms with van der Waals surface area (Å²) >= 11 is 0. The Morgan fingerprint density at radius 2 is 2.12 bits per heavy atom. The van der Waals surface area contributed by atoms with Crippen LogP contribution in [0.1, 0.15) is 26.2 Å². The number of nitro groups is 1. The van der Waals surface area contributed by atoms with Crippen molar-refractivity contribution in [3.05, 3.63) is 34.1 Å². The van der Waals surface area contributed by atoms with Gasteiger partial charge in [0.25, 0.3) is 0 Å². The number of unbranched alkanes of at least 4 members (excludes halogenated alkanes) is 2. The van der Waals surface area contributed by atoms with Crippen molar-refractivity contribution in [1.82, 2.24) is 0 Å². The van der Waals surface area contributed by atoms with Gasteiger partial charge in [-0.15, -0.1) is 0 Å². The topological polar surface area (TPSA) is 46.4 Å². The molecule has 0 heterocycles. The van der Waals surface area contributed by atoms with Gasteiger partial charge in [-0.1, -0.05) is 25.8 Å². The third kappa shape index (κ3) is 3.41. The van der Waals surface area contributed by atoms with E-state index in [-0.39, 0.29) is 0 Å². The van der Waals surface area contributed by atoms with E-state index in [2.05, 4.69) is 6.92 Å². The summed E-state index contributed by atoms with van der Waals surface area (Å²) in [4.78, 5) is 11.9. The second-order valence-electron chi connectivity index (χ2n) is 3.99. The first kappa shape index (κ1) is 13.4. The lowest BCUT2D eigenvalue weighted by Crippen LogP contribution is -2.20. The Bertz CT molecular complexity index is 396. The molecule has 0 saturated carbocycles. The Kier molecular flexibility index (Phi) is 4.87. The van der Waals surface area contributed by atoms with Crippen LogP contribution in [0.15, 0.2) is 18.2 Å². The molecule has 4 nitrogen and oxygen atoms in total. The molecule has 1 aromatic carbocycles. The molecule has 0 atom stereocenters. The summed E-state index contributed by atoms with van der Waals surface area (Å²) in [6, 6.07) is 4.18. The Morgan fingerprint density at radius 1 is 1.41 bits per heavy atom. The molecule has 0 spiro atoms. The molecule has 5 heteroatoms. The average molecular weight is 240 g/mol.